The minimum atomic E-state index is -4.74. The average Bonchev–Trinajstić information content (AvgIpc) is 3.53. The number of carbonyl (C=O) groups is 3. The Labute approximate surface area is 199 Å². The molecule has 7 nitrogen and oxygen atoms in total. The Morgan fingerprint density at radius 1 is 1.03 bits per heavy atom. The molecular weight excluding hydrogens is 465 g/mol. The van der Waals surface area contributed by atoms with E-state index in [1.54, 1.807) is 0 Å². The number of aliphatic carboxylic acids is 1. The van der Waals surface area contributed by atoms with Crippen molar-refractivity contribution in [2.45, 2.75) is 37.4 Å². The van der Waals surface area contributed by atoms with Crippen LogP contribution in [-0.2, 0) is 14.3 Å². The molecule has 0 aliphatic heterocycles. The van der Waals surface area contributed by atoms with Crippen molar-refractivity contribution in [3.63, 3.8) is 0 Å². The number of hydrogen-bond donors (Lipinski definition) is 3. The highest BCUT2D eigenvalue weighted by atomic mass is 19.4. The molecule has 3 N–H and O–H groups in total. The van der Waals surface area contributed by atoms with Crippen molar-refractivity contribution in [1.82, 2.24) is 10.6 Å². The number of hydrogen-bond acceptors (Lipinski definition) is 4. The van der Waals surface area contributed by atoms with Crippen LogP contribution in [0.25, 0.3) is 11.1 Å². The number of carbonyl (C=O) groups excluding carboxylic acids is 2. The van der Waals surface area contributed by atoms with Crippen LogP contribution in [0.2, 0.25) is 0 Å². The van der Waals surface area contributed by atoms with Gasteiger partial charge in [-0.05, 0) is 41.0 Å². The highest BCUT2D eigenvalue weighted by molar-refractivity contribution is 5.82. The quantitative estimate of drug-likeness (QED) is 0.492. The maximum absolute atomic E-state index is 13.1. The molecule has 186 valence electrons. The van der Waals surface area contributed by atoms with E-state index in [0.29, 0.717) is 6.42 Å². The second-order valence-electron chi connectivity index (χ2n) is 8.84. The van der Waals surface area contributed by atoms with E-state index in [-0.39, 0.29) is 25.0 Å². The number of amides is 2. The van der Waals surface area contributed by atoms with E-state index in [2.05, 4.69) is 5.32 Å². The number of rotatable bonds is 9. The normalized spacial score (nSPS) is 19.3. The first-order chi connectivity index (χ1) is 16.6. The number of alkyl carbamates (subject to hydrolysis) is 1. The molecule has 2 amide bonds. The summed E-state index contributed by atoms with van der Waals surface area (Å²) >= 11 is 0. The minimum Gasteiger partial charge on any atom is -0.481 e. The average molecular weight is 490 g/mol. The molecule has 0 unspecified atom stereocenters. The Bertz CT molecular complexity index is 1070. The summed E-state index contributed by atoms with van der Waals surface area (Å²) < 4.78 is 44.7. The first kappa shape index (κ1) is 24.6. The first-order valence-corrected chi connectivity index (χ1v) is 11.3. The summed E-state index contributed by atoms with van der Waals surface area (Å²) in [6, 6.07) is 13.6. The third kappa shape index (κ3) is 5.75. The standard InChI is InChI=1S/C25H25F3N2O5/c26-25(27,28)21(9-10-22(31)32)30-23(33)19-11-14(19)12-29-24(34)35-13-20-17-7-3-1-5-15(17)16-6-2-4-8-18(16)20/h1-8,14,19-21H,9-13H2,(H,29,34)(H,30,33)(H,31,32)/t14-,19-,21-/m0/s1. The van der Waals surface area contributed by atoms with Crippen LogP contribution in [0.5, 0.6) is 0 Å². The third-order valence-corrected chi connectivity index (χ3v) is 6.47. The van der Waals surface area contributed by atoms with Gasteiger partial charge in [-0.1, -0.05) is 48.5 Å². The molecule has 4 rings (SSSR count). The molecular formula is C25H25F3N2O5. The van der Waals surface area contributed by atoms with Gasteiger partial charge in [0.15, 0.2) is 0 Å². The molecule has 2 aromatic carbocycles. The molecule has 1 saturated carbocycles. The van der Waals surface area contributed by atoms with E-state index in [1.165, 1.54) is 0 Å². The predicted molar refractivity (Wildman–Crippen MR) is 120 cm³/mol. The molecule has 2 aromatic rings. The Morgan fingerprint density at radius 3 is 2.20 bits per heavy atom. The van der Waals surface area contributed by atoms with Gasteiger partial charge in [0, 0.05) is 24.8 Å². The molecule has 35 heavy (non-hydrogen) atoms. The Hall–Kier alpha value is -3.56. The van der Waals surface area contributed by atoms with Gasteiger partial charge in [-0.2, -0.15) is 13.2 Å². The van der Waals surface area contributed by atoms with Crippen molar-refractivity contribution >= 4 is 18.0 Å². The van der Waals surface area contributed by atoms with Gasteiger partial charge >= 0.3 is 18.2 Å². The fourth-order valence-electron chi connectivity index (χ4n) is 4.52. The van der Waals surface area contributed by atoms with Crippen LogP contribution in [0.15, 0.2) is 48.5 Å². The number of fused-ring (bicyclic) bond motifs is 3. The van der Waals surface area contributed by atoms with Gasteiger partial charge in [-0.15, -0.1) is 0 Å². The monoisotopic (exact) mass is 490 g/mol. The van der Waals surface area contributed by atoms with Crippen molar-refractivity contribution in [3.8, 4) is 11.1 Å². The number of carboxylic acid groups (broad SMARTS) is 1. The Morgan fingerprint density at radius 2 is 1.63 bits per heavy atom. The number of nitrogens with one attached hydrogen (secondary N) is 2. The molecule has 0 radical (unpaired) electrons. The molecule has 0 aromatic heterocycles. The molecule has 2 aliphatic rings. The molecule has 0 spiro atoms. The fourth-order valence-corrected chi connectivity index (χ4v) is 4.52. The summed E-state index contributed by atoms with van der Waals surface area (Å²) in [4.78, 5) is 35.0. The highest BCUT2D eigenvalue weighted by Crippen LogP contribution is 2.44. The zero-order valence-corrected chi connectivity index (χ0v) is 18.7. The van der Waals surface area contributed by atoms with Crippen LogP contribution >= 0.6 is 0 Å². The van der Waals surface area contributed by atoms with Gasteiger partial charge in [0.1, 0.15) is 12.6 Å². The largest absolute Gasteiger partial charge is 0.481 e. The summed E-state index contributed by atoms with van der Waals surface area (Å²) in [7, 11) is 0. The number of carboxylic acids is 1. The van der Waals surface area contributed by atoms with Crippen molar-refractivity contribution in [2.75, 3.05) is 13.2 Å². The van der Waals surface area contributed by atoms with E-state index in [0.717, 1.165) is 22.3 Å². The second-order valence-corrected chi connectivity index (χ2v) is 8.84. The van der Waals surface area contributed by atoms with Gasteiger partial charge < -0.3 is 20.5 Å². The summed E-state index contributed by atoms with van der Waals surface area (Å²) in [5, 5.41) is 13.1. The number of halogens is 3. The Kier molecular flexibility index (Phi) is 7.00. The van der Waals surface area contributed by atoms with Gasteiger partial charge in [0.25, 0.3) is 0 Å². The van der Waals surface area contributed by atoms with Gasteiger partial charge in [-0.25, -0.2) is 4.79 Å². The van der Waals surface area contributed by atoms with Crippen molar-refractivity contribution in [2.24, 2.45) is 11.8 Å². The van der Waals surface area contributed by atoms with Crippen LogP contribution in [0, 0.1) is 11.8 Å². The van der Waals surface area contributed by atoms with Gasteiger partial charge in [0.2, 0.25) is 5.91 Å². The fraction of sp³-hybridized carbons (Fsp3) is 0.400. The second kappa shape index (κ2) is 9.97. The molecule has 0 saturated heterocycles. The maximum atomic E-state index is 13.1. The smallest absolute Gasteiger partial charge is 0.408 e. The Balaban J connectivity index is 1.24. The van der Waals surface area contributed by atoms with E-state index < -0.39 is 48.9 Å². The molecule has 3 atom stereocenters. The van der Waals surface area contributed by atoms with E-state index in [9.17, 15) is 27.6 Å². The van der Waals surface area contributed by atoms with E-state index in [1.807, 2.05) is 53.8 Å². The third-order valence-electron chi connectivity index (χ3n) is 6.47. The van der Waals surface area contributed by atoms with Crippen molar-refractivity contribution in [3.05, 3.63) is 59.7 Å². The number of alkyl halides is 3. The lowest BCUT2D eigenvalue weighted by atomic mass is 9.98. The van der Waals surface area contributed by atoms with Gasteiger partial charge in [0.05, 0.1) is 0 Å². The van der Waals surface area contributed by atoms with Crippen LogP contribution < -0.4 is 10.6 Å². The summed E-state index contributed by atoms with van der Waals surface area (Å²) in [6.07, 6.45) is -6.51. The van der Waals surface area contributed by atoms with Gasteiger partial charge in [-0.3, -0.25) is 9.59 Å². The number of benzene rings is 2. The first-order valence-electron chi connectivity index (χ1n) is 11.3. The zero-order chi connectivity index (χ0) is 25.2. The lowest BCUT2D eigenvalue weighted by molar-refractivity contribution is -0.165. The summed E-state index contributed by atoms with van der Waals surface area (Å²) in [5.41, 5.74) is 4.35. The topological polar surface area (TPSA) is 105 Å². The lowest BCUT2D eigenvalue weighted by Crippen LogP contribution is -2.46. The van der Waals surface area contributed by atoms with Crippen LogP contribution in [-0.4, -0.2) is 48.4 Å². The summed E-state index contributed by atoms with van der Waals surface area (Å²) in [6.45, 7) is 0.228. The predicted octanol–water partition coefficient (Wildman–Crippen LogP) is 4.07. The van der Waals surface area contributed by atoms with Crippen LogP contribution in [0.3, 0.4) is 0 Å². The summed E-state index contributed by atoms with van der Waals surface area (Å²) in [5.74, 6) is -3.23. The lowest BCUT2D eigenvalue weighted by Gasteiger charge is -2.21. The maximum Gasteiger partial charge on any atom is 0.408 e. The van der Waals surface area contributed by atoms with E-state index >= 15 is 0 Å². The highest BCUT2D eigenvalue weighted by Gasteiger charge is 2.47. The molecule has 2 aliphatic carbocycles. The molecule has 0 heterocycles. The zero-order valence-electron chi connectivity index (χ0n) is 18.7. The molecule has 10 heteroatoms. The molecule has 0 bridgehead atoms. The van der Waals surface area contributed by atoms with Crippen molar-refractivity contribution < 1.29 is 37.4 Å². The minimum absolute atomic E-state index is 0.0978. The SMILES string of the molecule is O=C(O)CC[C@H](NC(=O)[C@H]1C[C@H]1CNC(=O)OCC1c2ccccc2-c2ccccc21)C(F)(F)F. The van der Waals surface area contributed by atoms with Crippen molar-refractivity contribution in [1.29, 1.82) is 0 Å². The molecule has 1 fully saturated rings. The number of ether oxygens (including phenoxy) is 1. The van der Waals surface area contributed by atoms with Crippen LogP contribution in [0.4, 0.5) is 18.0 Å². The van der Waals surface area contributed by atoms with E-state index in [4.69, 9.17) is 9.84 Å². The van der Waals surface area contributed by atoms with Crippen LogP contribution in [0.1, 0.15) is 36.3 Å².